The predicted octanol–water partition coefficient (Wildman–Crippen LogP) is 10.6. The molecule has 0 saturated carbocycles. The standard InChI is InChI=1S/C41H29N/c1-3-16-30(17-4-1)41(31-18-5-2-6-19-31)38-24-11-9-21-35(38)36-27-26-32(28-39(36)41)42-40-25-12-10-22-37(40)34-23-13-15-29-14-7-8-20-33(29)34/h1-28,42H. The van der Waals surface area contributed by atoms with Gasteiger partial charge in [-0.15, -0.1) is 0 Å². The second-order valence-electron chi connectivity index (χ2n) is 11.0. The lowest BCUT2D eigenvalue weighted by atomic mass is 9.67. The van der Waals surface area contributed by atoms with Crippen molar-refractivity contribution < 1.29 is 0 Å². The molecule has 0 spiro atoms. The highest BCUT2D eigenvalue weighted by molar-refractivity contribution is 6.00. The molecular weight excluding hydrogens is 506 g/mol. The number of para-hydroxylation sites is 1. The zero-order valence-corrected chi connectivity index (χ0v) is 23.2. The third-order valence-electron chi connectivity index (χ3n) is 8.74. The molecule has 1 heteroatoms. The maximum Gasteiger partial charge on any atom is 0.0714 e. The van der Waals surface area contributed by atoms with Crippen molar-refractivity contribution in [1.82, 2.24) is 0 Å². The molecule has 0 saturated heterocycles. The first-order valence-electron chi connectivity index (χ1n) is 14.5. The van der Waals surface area contributed by atoms with E-state index in [2.05, 4.69) is 175 Å². The molecule has 0 radical (unpaired) electrons. The van der Waals surface area contributed by atoms with E-state index in [1.807, 2.05) is 0 Å². The van der Waals surface area contributed by atoms with Crippen LogP contribution in [0.15, 0.2) is 170 Å². The minimum absolute atomic E-state index is 0.415. The molecule has 1 aliphatic carbocycles. The number of fused-ring (bicyclic) bond motifs is 4. The molecule has 1 N–H and O–H groups in total. The van der Waals surface area contributed by atoms with E-state index in [9.17, 15) is 0 Å². The summed E-state index contributed by atoms with van der Waals surface area (Å²) in [6, 6.07) is 61.5. The van der Waals surface area contributed by atoms with Gasteiger partial charge in [-0.3, -0.25) is 0 Å². The Morgan fingerprint density at radius 1 is 0.381 bits per heavy atom. The third kappa shape index (κ3) is 3.71. The Hall–Kier alpha value is -5.40. The number of nitrogens with one attached hydrogen (secondary N) is 1. The minimum Gasteiger partial charge on any atom is -0.355 e. The number of benzene rings is 7. The van der Waals surface area contributed by atoms with E-state index in [1.165, 1.54) is 55.3 Å². The lowest BCUT2D eigenvalue weighted by Gasteiger charge is -2.34. The first-order valence-corrected chi connectivity index (χ1v) is 14.5. The lowest BCUT2D eigenvalue weighted by Crippen LogP contribution is -2.28. The molecule has 0 bridgehead atoms. The average Bonchev–Trinajstić information content (AvgIpc) is 3.36. The van der Waals surface area contributed by atoms with Gasteiger partial charge in [-0.1, -0.05) is 152 Å². The van der Waals surface area contributed by atoms with Crippen LogP contribution >= 0.6 is 0 Å². The van der Waals surface area contributed by atoms with Crippen LogP contribution in [0.5, 0.6) is 0 Å². The Bertz CT molecular complexity index is 2010. The van der Waals surface area contributed by atoms with Crippen LogP contribution in [-0.4, -0.2) is 0 Å². The van der Waals surface area contributed by atoms with Gasteiger partial charge in [0.2, 0.25) is 0 Å². The van der Waals surface area contributed by atoms with Crippen LogP contribution in [0, 0.1) is 0 Å². The van der Waals surface area contributed by atoms with Crippen LogP contribution in [0.25, 0.3) is 33.0 Å². The Labute approximate surface area is 246 Å². The molecule has 0 fully saturated rings. The summed E-state index contributed by atoms with van der Waals surface area (Å²) in [5.74, 6) is 0. The Kier molecular flexibility index (Phi) is 5.75. The van der Waals surface area contributed by atoms with Crippen LogP contribution in [0.1, 0.15) is 22.3 Å². The number of anilines is 2. The van der Waals surface area contributed by atoms with Crippen molar-refractivity contribution in [3.8, 4) is 22.3 Å². The van der Waals surface area contributed by atoms with Crippen LogP contribution in [0.4, 0.5) is 11.4 Å². The zero-order chi connectivity index (χ0) is 27.9. The van der Waals surface area contributed by atoms with Gasteiger partial charge in [0.1, 0.15) is 0 Å². The fourth-order valence-electron chi connectivity index (χ4n) is 6.96. The number of hydrogen-bond acceptors (Lipinski definition) is 1. The SMILES string of the molecule is c1ccc(C2(c3ccccc3)c3ccccc3-c3ccc(Nc4ccccc4-c4cccc5ccccc45)cc32)cc1. The van der Waals surface area contributed by atoms with E-state index in [-0.39, 0.29) is 0 Å². The first kappa shape index (κ1) is 24.4. The average molecular weight is 536 g/mol. The fourth-order valence-corrected chi connectivity index (χ4v) is 6.96. The maximum absolute atomic E-state index is 3.83. The van der Waals surface area contributed by atoms with Gasteiger partial charge >= 0.3 is 0 Å². The second kappa shape index (κ2) is 9.90. The van der Waals surface area contributed by atoms with E-state index in [0.29, 0.717) is 0 Å². The van der Waals surface area contributed by atoms with Crippen LogP contribution in [0.3, 0.4) is 0 Å². The van der Waals surface area contributed by atoms with Crippen LogP contribution < -0.4 is 5.32 Å². The number of hydrogen-bond donors (Lipinski definition) is 1. The van der Waals surface area contributed by atoms with Gasteiger partial charge in [0.15, 0.2) is 0 Å². The van der Waals surface area contributed by atoms with Gasteiger partial charge in [-0.25, -0.2) is 0 Å². The highest BCUT2D eigenvalue weighted by Gasteiger charge is 2.46. The van der Waals surface area contributed by atoms with Gasteiger partial charge in [0.25, 0.3) is 0 Å². The monoisotopic (exact) mass is 535 g/mol. The summed E-state index contributed by atoms with van der Waals surface area (Å²) in [6.07, 6.45) is 0. The quantitative estimate of drug-likeness (QED) is 0.231. The summed E-state index contributed by atoms with van der Waals surface area (Å²) in [5, 5.41) is 6.33. The lowest BCUT2D eigenvalue weighted by molar-refractivity contribution is 0.769. The molecule has 42 heavy (non-hydrogen) atoms. The predicted molar refractivity (Wildman–Crippen MR) is 176 cm³/mol. The Morgan fingerprint density at radius 3 is 1.74 bits per heavy atom. The summed E-state index contributed by atoms with van der Waals surface area (Å²) < 4.78 is 0. The van der Waals surface area contributed by atoms with Crippen molar-refractivity contribution in [1.29, 1.82) is 0 Å². The first-order chi connectivity index (χ1) is 20.8. The maximum atomic E-state index is 3.83. The molecule has 0 aromatic heterocycles. The minimum atomic E-state index is -0.415. The molecule has 0 amide bonds. The summed E-state index contributed by atoms with van der Waals surface area (Å²) >= 11 is 0. The van der Waals surface area contributed by atoms with E-state index in [4.69, 9.17) is 0 Å². The summed E-state index contributed by atoms with van der Waals surface area (Å²) in [6.45, 7) is 0. The van der Waals surface area contributed by atoms with Gasteiger partial charge in [-0.2, -0.15) is 0 Å². The molecule has 7 aromatic carbocycles. The molecular formula is C41H29N. The number of rotatable bonds is 5. The van der Waals surface area contributed by atoms with E-state index in [1.54, 1.807) is 0 Å². The van der Waals surface area contributed by atoms with Crippen molar-refractivity contribution in [3.63, 3.8) is 0 Å². The molecule has 0 aliphatic heterocycles. The third-order valence-corrected chi connectivity index (χ3v) is 8.74. The van der Waals surface area contributed by atoms with Gasteiger partial charge in [-0.05, 0) is 67.9 Å². The van der Waals surface area contributed by atoms with Gasteiger partial charge in [0.05, 0.1) is 5.41 Å². The fraction of sp³-hybridized carbons (Fsp3) is 0.0244. The molecule has 0 heterocycles. The largest absolute Gasteiger partial charge is 0.355 e. The summed E-state index contributed by atoms with van der Waals surface area (Å²) in [5.41, 5.74) is 11.9. The molecule has 0 unspecified atom stereocenters. The molecule has 1 aliphatic rings. The second-order valence-corrected chi connectivity index (χ2v) is 11.0. The summed E-state index contributed by atoms with van der Waals surface area (Å²) in [4.78, 5) is 0. The molecule has 0 atom stereocenters. The molecule has 198 valence electrons. The van der Waals surface area contributed by atoms with Crippen molar-refractivity contribution in [2.75, 3.05) is 5.32 Å². The van der Waals surface area contributed by atoms with Crippen molar-refractivity contribution in [3.05, 3.63) is 192 Å². The molecule has 8 rings (SSSR count). The van der Waals surface area contributed by atoms with E-state index < -0.39 is 5.41 Å². The summed E-state index contributed by atoms with van der Waals surface area (Å²) in [7, 11) is 0. The normalized spacial score (nSPS) is 13.0. The van der Waals surface area contributed by atoms with Gasteiger partial charge in [0, 0.05) is 16.9 Å². The highest BCUT2D eigenvalue weighted by atomic mass is 14.9. The van der Waals surface area contributed by atoms with Crippen molar-refractivity contribution in [2.45, 2.75) is 5.41 Å². The van der Waals surface area contributed by atoms with Crippen LogP contribution in [-0.2, 0) is 5.41 Å². The topological polar surface area (TPSA) is 12.0 Å². The smallest absolute Gasteiger partial charge is 0.0714 e. The molecule has 1 nitrogen and oxygen atoms in total. The van der Waals surface area contributed by atoms with Gasteiger partial charge < -0.3 is 5.32 Å². The van der Waals surface area contributed by atoms with Crippen LogP contribution in [0.2, 0.25) is 0 Å². The van der Waals surface area contributed by atoms with Crippen molar-refractivity contribution >= 4 is 22.1 Å². The van der Waals surface area contributed by atoms with E-state index >= 15 is 0 Å². The van der Waals surface area contributed by atoms with Crippen molar-refractivity contribution in [2.24, 2.45) is 0 Å². The molecule has 7 aromatic rings. The Morgan fingerprint density at radius 2 is 0.952 bits per heavy atom. The highest BCUT2D eigenvalue weighted by Crippen LogP contribution is 2.56. The van der Waals surface area contributed by atoms with E-state index in [0.717, 1.165) is 11.4 Å². The zero-order valence-electron chi connectivity index (χ0n) is 23.2. The Balaban J connectivity index is 1.32.